The minimum atomic E-state index is -0.309. The highest BCUT2D eigenvalue weighted by Gasteiger charge is 2.09. The maximum Gasteiger partial charge on any atom is 0.319 e. The Hall–Kier alpha value is -3.35. The monoisotopic (exact) mass is 351 g/mol. The minimum absolute atomic E-state index is 0.309. The summed E-state index contributed by atoms with van der Waals surface area (Å²) in [6, 6.07) is 11.2. The van der Waals surface area contributed by atoms with Gasteiger partial charge in [0.15, 0.2) is 0 Å². The fourth-order valence-electron chi connectivity index (χ4n) is 2.54. The van der Waals surface area contributed by atoms with Crippen LogP contribution in [0.15, 0.2) is 61.3 Å². The summed E-state index contributed by atoms with van der Waals surface area (Å²) in [5.41, 5.74) is 2.72. The van der Waals surface area contributed by atoms with E-state index in [1.165, 1.54) is 0 Å². The van der Waals surface area contributed by atoms with Crippen molar-refractivity contribution in [3.63, 3.8) is 0 Å². The van der Waals surface area contributed by atoms with Crippen LogP contribution >= 0.6 is 0 Å². The van der Waals surface area contributed by atoms with Gasteiger partial charge in [0.05, 0.1) is 12.9 Å². The number of ether oxygens (including phenoxy) is 1. The molecule has 0 unspecified atom stereocenters. The highest BCUT2D eigenvalue weighted by molar-refractivity contribution is 5.90. The average molecular weight is 351 g/mol. The molecule has 3 rings (SSSR count). The van der Waals surface area contributed by atoms with Gasteiger partial charge in [-0.15, -0.1) is 0 Å². The number of imidazole rings is 1. The number of rotatable bonds is 7. The molecule has 0 aliphatic carbocycles. The van der Waals surface area contributed by atoms with Crippen LogP contribution < -0.4 is 15.4 Å². The number of aromatic nitrogens is 3. The fourth-order valence-corrected chi connectivity index (χ4v) is 2.54. The van der Waals surface area contributed by atoms with Crippen LogP contribution in [0.2, 0.25) is 0 Å². The molecule has 0 spiro atoms. The van der Waals surface area contributed by atoms with E-state index in [2.05, 4.69) is 20.6 Å². The number of carbonyl (C=O) groups excluding carboxylic acids is 1. The molecule has 0 bridgehead atoms. The highest BCUT2D eigenvalue weighted by Crippen LogP contribution is 2.20. The summed E-state index contributed by atoms with van der Waals surface area (Å²) >= 11 is 0. The molecular weight excluding hydrogens is 330 g/mol. The molecule has 2 heterocycles. The van der Waals surface area contributed by atoms with E-state index < -0.39 is 0 Å². The lowest BCUT2D eigenvalue weighted by molar-refractivity contribution is 0.251. The summed E-state index contributed by atoms with van der Waals surface area (Å²) in [6.45, 7) is 3.47. The van der Waals surface area contributed by atoms with Crippen LogP contribution in [-0.2, 0) is 13.1 Å². The molecule has 7 heteroatoms. The Kier molecular flexibility index (Phi) is 5.82. The Morgan fingerprint density at radius 1 is 1.15 bits per heavy atom. The van der Waals surface area contributed by atoms with Gasteiger partial charge in [0.1, 0.15) is 5.69 Å². The molecule has 0 aliphatic rings. The number of amides is 2. The molecule has 134 valence electrons. The van der Waals surface area contributed by atoms with Crippen molar-refractivity contribution in [2.45, 2.75) is 20.0 Å². The number of hydrogen-bond acceptors (Lipinski definition) is 4. The van der Waals surface area contributed by atoms with Gasteiger partial charge in [0.25, 0.3) is 0 Å². The molecule has 0 fully saturated rings. The van der Waals surface area contributed by atoms with Gasteiger partial charge in [-0.1, -0.05) is 24.3 Å². The zero-order valence-electron chi connectivity index (χ0n) is 14.6. The third-order valence-corrected chi connectivity index (χ3v) is 3.77. The lowest BCUT2D eigenvalue weighted by Crippen LogP contribution is -2.29. The summed E-state index contributed by atoms with van der Waals surface area (Å²) in [6.07, 6.45) is 7.06. The van der Waals surface area contributed by atoms with Crippen molar-refractivity contribution in [1.29, 1.82) is 0 Å². The molecule has 3 aromatic rings. The van der Waals surface area contributed by atoms with Crippen molar-refractivity contribution in [3.8, 4) is 5.88 Å². The van der Waals surface area contributed by atoms with Crippen LogP contribution in [0.25, 0.3) is 0 Å². The summed E-state index contributed by atoms with van der Waals surface area (Å²) in [5, 5.41) is 5.66. The lowest BCUT2D eigenvalue weighted by Gasteiger charge is -2.13. The molecule has 2 aromatic heterocycles. The van der Waals surface area contributed by atoms with Gasteiger partial charge in [-0.25, -0.2) is 14.8 Å². The summed E-state index contributed by atoms with van der Waals surface area (Å²) in [7, 11) is 0. The van der Waals surface area contributed by atoms with Gasteiger partial charge in [-0.05, 0) is 30.2 Å². The van der Waals surface area contributed by atoms with E-state index in [1.54, 1.807) is 30.9 Å². The van der Waals surface area contributed by atoms with Gasteiger partial charge >= 0.3 is 6.03 Å². The molecule has 2 N–H and O–H groups in total. The molecule has 26 heavy (non-hydrogen) atoms. The Bertz CT molecular complexity index is 849. The van der Waals surface area contributed by atoms with Gasteiger partial charge in [-0.3, -0.25) is 0 Å². The van der Waals surface area contributed by atoms with Crippen molar-refractivity contribution in [1.82, 2.24) is 19.9 Å². The van der Waals surface area contributed by atoms with E-state index >= 15 is 0 Å². The molecule has 7 nitrogen and oxygen atoms in total. The molecule has 0 radical (unpaired) electrons. The van der Waals surface area contributed by atoms with E-state index in [4.69, 9.17) is 4.74 Å². The maximum absolute atomic E-state index is 12.2. The number of pyridine rings is 1. The van der Waals surface area contributed by atoms with Crippen molar-refractivity contribution in [3.05, 3.63) is 72.4 Å². The average Bonchev–Trinajstić information content (AvgIpc) is 3.16. The van der Waals surface area contributed by atoms with E-state index in [-0.39, 0.29) is 6.03 Å². The Labute approximate surface area is 152 Å². The third-order valence-electron chi connectivity index (χ3n) is 3.77. The number of anilines is 1. The first-order valence-corrected chi connectivity index (χ1v) is 8.41. The van der Waals surface area contributed by atoms with Crippen molar-refractivity contribution in [2.75, 3.05) is 11.9 Å². The number of carbonyl (C=O) groups is 1. The van der Waals surface area contributed by atoms with Gasteiger partial charge in [0, 0.05) is 31.7 Å². The van der Waals surface area contributed by atoms with Crippen LogP contribution in [-0.4, -0.2) is 27.2 Å². The van der Waals surface area contributed by atoms with Crippen molar-refractivity contribution >= 4 is 11.7 Å². The van der Waals surface area contributed by atoms with Crippen LogP contribution in [0.1, 0.15) is 18.1 Å². The summed E-state index contributed by atoms with van der Waals surface area (Å²) in [5.74, 6) is 0.408. The molecule has 0 saturated carbocycles. The minimum Gasteiger partial charge on any atom is -0.476 e. The first-order chi connectivity index (χ1) is 12.8. The Balaban J connectivity index is 1.62. The Morgan fingerprint density at radius 3 is 2.77 bits per heavy atom. The quantitative estimate of drug-likeness (QED) is 0.685. The standard InChI is InChI=1S/C19H21N5O2/c1-2-26-18-17(8-5-9-21-18)23-19(25)22-12-15-6-3-4-7-16(15)13-24-11-10-20-14-24/h3-11,14H,2,12-13H2,1H3,(H2,22,23,25). The molecule has 1 aromatic carbocycles. The predicted molar refractivity (Wildman–Crippen MR) is 99.0 cm³/mol. The van der Waals surface area contributed by atoms with E-state index in [9.17, 15) is 4.79 Å². The lowest BCUT2D eigenvalue weighted by atomic mass is 10.1. The molecule has 0 atom stereocenters. The van der Waals surface area contributed by atoms with Crippen molar-refractivity contribution < 1.29 is 9.53 Å². The van der Waals surface area contributed by atoms with Crippen LogP contribution in [0.5, 0.6) is 5.88 Å². The number of urea groups is 1. The molecule has 0 saturated heterocycles. The van der Waals surface area contributed by atoms with E-state index in [0.717, 1.165) is 11.1 Å². The van der Waals surface area contributed by atoms with E-state index in [1.807, 2.05) is 42.0 Å². The fraction of sp³-hybridized carbons (Fsp3) is 0.211. The second-order valence-electron chi connectivity index (χ2n) is 5.60. The number of hydrogen-bond donors (Lipinski definition) is 2. The Morgan fingerprint density at radius 2 is 2.00 bits per heavy atom. The second kappa shape index (κ2) is 8.66. The first-order valence-electron chi connectivity index (χ1n) is 8.41. The zero-order chi connectivity index (χ0) is 18.2. The van der Waals surface area contributed by atoms with Gasteiger partial charge in [-0.2, -0.15) is 0 Å². The molecular formula is C19H21N5O2. The topological polar surface area (TPSA) is 81.1 Å². The summed E-state index contributed by atoms with van der Waals surface area (Å²) in [4.78, 5) is 20.4. The normalized spacial score (nSPS) is 10.3. The predicted octanol–water partition coefficient (Wildman–Crippen LogP) is 3.05. The highest BCUT2D eigenvalue weighted by atomic mass is 16.5. The SMILES string of the molecule is CCOc1ncccc1NC(=O)NCc1ccccc1Cn1ccnc1. The third kappa shape index (κ3) is 4.60. The first kappa shape index (κ1) is 17.5. The number of nitrogens with zero attached hydrogens (tertiary/aromatic N) is 3. The van der Waals surface area contributed by atoms with E-state index in [0.29, 0.717) is 31.3 Å². The van der Waals surface area contributed by atoms with Crippen molar-refractivity contribution in [2.24, 2.45) is 0 Å². The van der Waals surface area contributed by atoms with Gasteiger partial charge < -0.3 is 19.9 Å². The zero-order valence-corrected chi connectivity index (χ0v) is 14.6. The van der Waals surface area contributed by atoms with Crippen LogP contribution in [0.4, 0.5) is 10.5 Å². The maximum atomic E-state index is 12.2. The van der Waals surface area contributed by atoms with Gasteiger partial charge in [0.2, 0.25) is 5.88 Å². The molecule has 0 aliphatic heterocycles. The second-order valence-corrected chi connectivity index (χ2v) is 5.60. The van der Waals surface area contributed by atoms with Crippen LogP contribution in [0, 0.1) is 0 Å². The smallest absolute Gasteiger partial charge is 0.319 e. The largest absolute Gasteiger partial charge is 0.476 e. The summed E-state index contributed by atoms with van der Waals surface area (Å²) < 4.78 is 7.41. The number of benzene rings is 1. The van der Waals surface area contributed by atoms with Crippen LogP contribution in [0.3, 0.4) is 0 Å². The molecule has 2 amide bonds. The number of nitrogens with one attached hydrogen (secondary N) is 2.